The Morgan fingerprint density at radius 1 is 1.61 bits per heavy atom. The Morgan fingerprint density at radius 2 is 2.39 bits per heavy atom. The zero-order valence-corrected chi connectivity index (χ0v) is 11.0. The van der Waals surface area contributed by atoms with Gasteiger partial charge in [0.1, 0.15) is 5.69 Å². The molecule has 1 aromatic rings. The zero-order valence-electron chi connectivity index (χ0n) is 11.0. The fraction of sp³-hybridized carbons (Fsp3) is 0.571. The van der Waals surface area contributed by atoms with Gasteiger partial charge in [-0.25, -0.2) is 9.78 Å². The number of rotatable bonds is 6. The van der Waals surface area contributed by atoms with Crippen LogP contribution in [0.5, 0.6) is 0 Å². The summed E-state index contributed by atoms with van der Waals surface area (Å²) in [4.78, 5) is 15.4. The van der Waals surface area contributed by atoms with Crippen molar-refractivity contribution in [3.05, 3.63) is 24.0 Å². The molecule has 1 aromatic heterocycles. The Balaban J connectivity index is 2.00. The maximum Gasteiger partial charge on any atom is 0.356 e. The van der Waals surface area contributed by atoms with Crippen LogP contribution >= 0.6 is 0 Å². The first-order valence-corrected chi connectivity index (χ1v) is 6.53. The van der Waals surface area contributed by atoms with Crippen LogP contribution in [0.3, 0.4) is 0 Å². The minimum Gasteiger partial charge on any atom is -0.464 e. The van der Waals surface area contributed by atoms with Gasteiger partial charge in [0.25, 0.3) is 0 Å². The van der Waals surface area contributed by atoms with Crippen LogP contribution < -0.4 is 5.32 Å². The van der Waals surface area contributed by atoms with Gasteiger partial charge >= 0.3 is 5.97 Å². The van der Waals surface area contributed by atoms with Gasteiger partial charge in [-0.3, -0.25) is 0 Å². The minimum absolute atomic E-state index is 0.351. The van der Waals surface area contributed by atoms with Crippen LogP contribution in [0.4, 0.5) is 5.69 Å². The number of ether oxygens (including phenoxy) is 1. The molecule has 2 rings (SSSR count). The summed E-state index contributed by atoms with van der Waals surface area (Å²) in [6.45, 7) is 2.18. The van der Waals surface area contributed by atoms with Gasteiger partial charge in [-0.1, -0.05) is 19.8 Å². The van der Waals surface area contributed by atoms with E-state index >= 15 is 0 Å². The van der Waals surface area contributed by atoms with Crippen LogP contribution in [-0.2, 0) is 4.74 Å². The van der Waals surface area contributed by atoms with Crippen molar-refractivity contribution < 1.29 is 9.53 Å². The van der Waals surface area contributed by atoms with Crippen LogP contribution in [0.15, 0.2) is 18.3 Å². The lowest BCUT2D eigenvalue weighted by Crippen LogP contribution is -2.19. The van der Waals surface area contributed by atoms with Crippen molar-refractivity contribution in [2.24, 2.45) is 5.92 Å². The molecule has 1 unspecified atom stereocenters. The van der Waals surface area contributed by atoms with E-state index in [0.717, 1.165) is 18.0 Å². The van der Waals surface area contributed by atoms with Gasteiger partial charge in [-0.05, 0) is 30.9 Å². The summed E-state index contributed by atoms with van der Waals surface area (Å²) in [5.41, 5.74) is 1.29. The number of hydrogen-bond acceptors (Lipinski definition) is 4. The van der Waals surface area contributed by atoms with E-state index in [1.807, 2.05) is 6.07 Å². The van der Waals surface area contributed by atoms with Crippen LogP contribution in [0.1, 0.15) is 43.1 Å². The van der Waals surface area contributed by atoms with Gasteiger partial charge in [-0.15, -0.1) is 0 Å². The van der Waals surface area contributed by atoms with Crippen molar-refractivity contribution in [1.82, 2.24) is 4.98 Å². The van der Waals surface area contributed by atoms with E-state index in [0.29, 0.717) is 11.7 Å². The summed E-state index contributed by atoms with van der Waals surface area (Å²) in [5.74, 6) is 0.498. The molecule has 1 saturated carbocycles. The van der Waals surface area contributed by atoms with Gasteiger partial charge in [0, 0.05) is 17.9 Å². The Bertz CT molecular complexity index is 416. The molecule has 1 fully saturated rings. The number of methoxy groups -OCH3 is 1. The summed E-state index contributed by atoms with van der Waals surface area (Å²) < 4.78 is 4.67. The molecule has 0 radical (unpaired) electrons. The molecule has 0 bridgehead atoms. The Morgan fingerprint density at radius 3 is 3.00 bits per heavy atom. The molecule has 18 heavy (non-hydrogen) atoms. The third-order valence-corrected chi connectivity index (χ3v) is 3.33. The molecule has 1 aliphatic carbocycles. The fourth-order valence-electron chi connectivity index (χ4n) is 2.06. The van der Waals surface area contributed by atoms with E-state index < -0.39 is 5.97 Å². The van der Waals surface area contributed by atoms with Crippen molar-refractivity contribution in [3.8, 4) is 0 Å². The number of hydrogen-bond donors (Lipinski definition) is 1. The quantitative estimate of drug-likeness (QED) is 0.786. The number of pyridine rings is 1. The fourth-order valence-corrected chi connectivity index (χ4v) is 2.06. The average molecular weight is 248 g/mol. The molecule has 1 heterocycles. The van der Waals surface area contributed by atoms with Gasteiger partial charge in [-0.2, -0.15) is 0 Å². The molecule has 0 spiro atoms. The predicted octanol–water partition coefficient (Wildman–Crippen LogP) is 2.86. The first-order chi connectivity index (χ1) is 8.72. The van der Waals surface area contributed by atoms with E-state index in [4.69, 9.17) is 0 Å². The molecular formula is C14H20N2O2. The lowest BCUT2D eigenvalue weighted by Gasteiger charge is -2.18. The number of anilines is 1. The highest BCUT2D eigenvalue weighted by molar-refractivity contribution is 5.88. The number of carbonyl (C=O) groups excluding carboxylic acids is 1. The second-order valence-corrected chi connectivity index (χ2v) is 4.85. The third-order valence-electron chi connectivity index (χ3n) is 3.33. The molecule has 1 atom stereocenters. The smallest absolute Gasteiger partial charge is 0.356 e. The molecule has 1 aliphatic rings. The van der Waals surface area contributed by atoms with Crippen molar-refractivity contribution in [2.45, 2.75) is 38.6 Å². The summed E-state index contributed by atoms with van der Waals surface area (Å²) in [6, 6.07) is 4.12. The molecular weight excluding hydrogens is 228 g/mol. The summed E-state index contributed by atoms with van der Waals surface area (Å²) in [7, 11) is 1.37. The number of aromatic nitrogens is 1. The number of esters is 1. The number of nitrogens with one attached hydrogen (secondary N) is 1. The monoisotopic (exact) mass is 248 g/mol. The molecule has 4 nitrogen and oxygen atoms in total. The molecule has 0 aliphatic heterocycles. The van der Waals surface area contributed by atoms with Crippen LogP contribution in [0.2, 0.25) is 0 Å². The lowest BCUT2D eigenvalue weighted by atomic mass is 10.1. The standard InChI is InChI=1S/C14H20N2O2/c1-3-11(8-10-4-5-10)16-12-6-7-15-13(9-12)14(17)18-2/h6-7,9-11H,3-5,8H2,1-2H3,(H,15,16). The SMILES string of the molecule is CCC(CC1CC1)Nc1ccnc(C(=O)OC)c1. The molecule has 4 heteroatoms. The van der Waals surface area contributed by atoms with E-state index in [1.165, 1.54) is 26.4 Å². The maximum absolute atomic E-state index is 11.4. The molecule has 0 aromatic carbocycles. The van der Waals surface area contributed by atoms with Crippen LogP contribution in [0.25, 0.3) is 0 Å². The summed E-state index contributed by atoms with van der Waals surface area (Å²) in [5, 5.41) is 3.47. The molecule has 0 amide bonds. The Labute approximate surface area is 108 Å². The summed E-state index contributed by atoms with van der Waals surface area (Å²) >= 11 is 0. The first kappa shape index (κ1) is 12.9. The Kier molecular flexibility index (Phi) is 4.18. The first-order valence-electron chi connectivity index (χ1n) is 6.53. The predicted molar refractivity (Wildman–Crippen MR) is 70.6 cm³/mol. The second kappa shape index (κ2) is 5.85. The lowest BCUT2D eigenvalue weighted by molar-refractivity contribution is 0.0594. The van der Waals surface area contributed by atoms with Gasteiger partial charge in [0.2, 0.25) is 0 Å². The summed E-state index contributed by atoms with van der Waals surface area (Å²) in [6.07, 6.45) is 6.67. The largest absolute Gasteiger partial charge is 0.464 e. The van der Waals surface area contributed by atoms with E-state index in [2.05, 4.69) is 22.0 Å². The highest BCUT2D eigenvalue weighted by Crippen LogP contribution is 2.34. The van der Waals surface area contributed by atoms with E-state index in [9.17, 15) is 4.79 Å². The molecule has 1 N–H and O–H groups in total. The van der Waals surface area contributed by atoms with Crippen LogP contribution in [0, 0.1) is 5.92 Å². The van der Waals surface area contributed by atoms with Crippen molar-refractivity contribution >= 4 is 11.7 Å². The van der Waals surface area contributed by atoms with Gasteiger partial charge in [0.15, 0.2) is 0 Å². The normalized spacial score (nSPS) is 16.1. The van der Waals surface area contributed by atoms with Crippen molar-refractivity contribution in [3.63, 3.8) is 0 Å². The highest BCUT2D eigenvalue weighted by Gasteiger charge is 2.24. The average Bonchev–Trinajstić information content (AvgIpc) is 3.21. The molecule has 0 saturated heterocycles. The van der Waals surface area contributed by atoms with Crippen molar-refractivity contribution in [1.29, 1.82) is 0 Å². The molecule has 98 valence electrons. The van der Waals surface area contributed by atoms with E-state index in [-0.39, 0.29) is 0 Å². The topological polar surface area (TPSA) is 51.2 Å². The Hall–Kier alpha value is -1.58. The highest BCUT2D eigenvalue weighted by atomic mass is 16.5. The van der Waals surface area contributed by atoms with Crippen molar-refractivity contribution in [2.75, 3.05) is 12.4 Å². The maximum atomic E-state index is 11.4. The van der Waals surface area contributed by atoms with Gasteiger partial charge in [0.05, 0.1) is 7.11 Å². The van der Waals surface area contributed by atoms with E-state index in [1.54, 1.807) is 12.3 Å². The number of nitrogens with zero attached hydrogens (tertiary/aromatic N) is 1. The second-order valence-electron chi connectivity index (χ2n) is 4.85. The van der Waals surface area contributed by atoms with Crippen LogP contribution in [-0.4, -0.2) is 24.1 Å². The minimum atomic E-state index is -0.395. The van der Waals surface area contributed by atoms with Gasteiger partial charge < -0.3 is 10.1 Å². The third kappa shape index (κ3) is 3.45. The zero-order chi connectivity index (χ0) is 13.0. The number of carbonyl (C=O) groups is 1.